The maximum atomic E-state index is 11.8. The number of hydrogen-bond acceptors (Lipinski definition) is 2. The summed E-state index contributed by atoms with van der Waals surface area (Å²) in [5.41, 5.74) is 0.286. The molecule has 0 aromatic rings. The first kappa shape index (κ1) is 14.3. The summed E-state index contributed by atoms with van der Waals surface area (Å²) in [5, 5.41) is 0. The molecule has 0 rings (SSSR count). The predicted molar refractivity (Wildman–Crippen MR) is 64.6 cm³/mol. The summed E-state index contributed by atoms with van der Waals surface area (Å²) in [4.78, 5) is 0. The molecule has 1 N–H and O–H groups in total. The lowest BCUT2D eigenvalue weighted by atomic mass is 9.89. The first-order valence-corrected chi connectivity index (χ1v) is 6.35. The minimum Gasteiger partial charge on any atom is -0.598 e. The van der Waals surface area contributed by atoms with Crippen molar-refractivity contribution in [1.29, 1.82) is 0 Å². The Labute approximate surface area is 92.2 Å². The zero-order valence-corrected chi connectivity index (χ0v) is 11.4. The second-order valence-electron chi connectivity index (χ2n) is 6.16. The third-order valence-corrected chi connectivity index (χ3v) is 3.51. The van der Waals surface area contributed by atoms with E-state index in [9.17, 15) is 4.55 Å². The second kappa shape index (κ2) is 4.86. The molecule has 0 aliphatic carbocycles. The molecular formula is C11H25NOS. The van der Waals surface area contributed by atoms with E-state index < -0.39 is 11.4 Å². The molecule has 0 fully saturated rings. The van der Waals surface area contributed by atoms with Crippen LogP contribution in [0.1, 0.15) is 54.9 Å². The molecule has 0 aromatic carbocycles. The molecule has 0 heterocycles. The smallest absolute Gasteiger partial charge is 0.136 e. The van der Waals surface area contributed by atoms with Crippen molar-refractivity contribution >= 4 is 11.4 Å². The van der Waals surface area contributed by atoms with E-state index in [1.165, 1.54) is 0 Å². The van der Waals surface area contributed by atoms with Crippen molar-refractivity contribution in [3.05, 3.63) is 0 Å². The fourth-order valence-corrected chi connectivity index (χ4v) is 2.12. The SMILES string of the molecule is C[C@@H](CC(C)(C)C)N[S+]([O-])C(C)(C)C. The lowest BCUT2D eigenvalue weighted by Crippen LogP contribution is -2.44. The van der Waals surface area contributed by atoms with Gasteiger partial charge in [0, 0.05) is 11.4 Å². The van der Waals surface area contributed by atoms with Gasteiger partial charge >= 0.3 is 0 Å². The fourth-order valence-electron chi connectivity index (χ4n) is 1.32. The zero-order valence-electron chi connectivity index (χ0n) is 10.6. The quantitative estimate of drug-likeness (QED) is 0.741. The summed E-state index contributed by atoms with van der Waals surface area (Å²) in [6, 6.07) is 0.301. The van der Waals surface area contributed by atoms with Gasteiger partial charge in [0.25, 0.3) is 0 Å². The van der Waals surface area contributed by atoms with Gasteiger partial charge in [0.2, 0.25) is 0 Å². The Balaban J connectivity index is 4.01. The van der Waals surface area contributed by atoms with E-state index in [0.29, 0.717) is 6.04 Å². The standard InChI is InChI=1S/C11H25NOS/c1-9(8-10(2,3)4)12-14(13)11(5,6)7/h9,12H,8H2,1-7H3/t9-,14?/m0/s1. The molecule has 0 bridgehead atoms. The molecule has 0 aliphatic heterocycles. The van der Waals surface area contributed by atoms with Crippen molar-refractivity contribution < 1.29 is 4.55 Å². The van der Waals surface area contributed by atoms with Crippen molar-refractivity contribution in [2.45, 2.75) is 65.7 Å². The average Bonchev–Trinajstić information content (AvgIpc) is 1.79. The molecule has 86 valence electrons. The molecule has 0 amide bonds. The van der Waals surface area contributed by atoms with Crippen molar-refractivity contribution in [3.63, 3.8) is 0 Å². The topological polar surface area (TPSA) is 35.1 Å². The van der Waals surface area contributed by atoms with Gasteiger partial charge in [-0.15, -0.1) is 4.72 Å². The number of rotatable bonds is 3. The Morgan fingerprint density at radius 2 is 1.57 bits per heavy atom. The third kappa shape index (κ3) is 6.68. The van der Waals surface area contributed by atoms with Crippen LogP contribution in [0.2, 0.25) is 0 Å². The number of hydrogen-bond donors (Lipinski definition) is 1. The van der Waals surface area contributed by atoms with Crippen molar-refractivity contribution in [1.82, 2.24) is 4.72 Å². The molecule has 0 saturated carbocycles. The monoisotopic (exact) mass is 219 g/mol. The maximum absolute atomic E-state index is 11.8. The van der Waals surface area contributed by atoms with E-state index in [-0.39, 0.29) is 10.2 Å². The van der Waals surface area contributed by atoms with E-state index in [4.69, 9.17) is 0 Å². The molecule has 0 saturated heterocycles. The Hall–Kier alpha value is 0.270. The van der Waals surface area contributed by atoms with Gasteiger partial charge in [0.1, 0.15) is 4.75 Å². The van der Waals surface area contributed by atoms with Crippen LogP contribution in [0.3, 0.4) is 0 Å². The van der Waals surface area contributed by atoms with Gasteiger partial charge in [0.15, 0.2) is 0 Å². The summed E-state index contributed by atoms with van der Waals surface area (Å²) in [6.07, 6.45) is 1.04. The molecule has 3 heteroatoms. The van der Waals surface area contributed by atoms with Crippen LogP contribution in [0.15, 0.2) is 0 Å². The normalized spacial score (nSPS) is 18.0. The molecule has 2 nitrogen and oxygen atoms in total. The van der Waals surface area contributed by atoms with Gasteiger partial charge in [-0.2, -0.15) is 0 Å². The van der Waals surface area contributed by atoms with Crippen LogP contribution >= 0.6 is 0 Å². The lowest BCUT2D eigenvalue weighted by Gasteiger charge is -2.29. The second-order valence-corrected chi connectivity index (χ2v) is 8.16. The largest absolute Gasteiger partial charge is 0.598 e. The van der Waals surface area contributed by atoms with E-state index in [2.05, 4.69) is 32.4 Å². The molecule has 14 heavy (non-hydrogen) atoms. The van der Waals surface area contributed by atoms with Gasteiger partial charge < -0.3 is 4.55 Å². The molecule has 0 radical (unpaired) electrons. The summed E-state index contributed by atoms with van der Waals surface area (Å²) < 4.78 is 14.7. The van der Waals surface area contributed by atoms with Gasteiger partial charge in [-0.25, -0.2) is 0 Å². The van der Waals surface area contributed by atoms with E-state index >= 15 is 0 Å². The first-order valence-electron chi connectivity index (χ1n) is 5.20. The molecular weight excluding hydrogens is 194 g/mol. The highest BCUT2D eigenvalue weighted by Crippen LogP contribution is 2.22. The molecule has 0 aromatic heterocycles. The van der Waals surface area contributed by atoms with E-state index in [0.717, 1.165) is 6.42 Å². The van der Waals surface area contributed by atoms with Gasteiger partial charge in [0.05, 0.1) is 6.04 Å². The highest BCUT2D eigenvalue weighted by atomic mass is 32.2. The van der Waals surface area contributed by atoms with Gasteiger partial charge in [-0.3, -0.25) is 0 Å². The summed E-state index contributed by atoms with van der Waals surface area (Å²) in [7, 11) is 0. The highest BCUT2D eigenvalue weighted by molar-refractivity contribution is 7.90. The van der Waals surface area contributed by atoms with Crippen LogP contribution < -0.4 is 4.72 Å². The van der Waals surface area contributed by atoms with Crippen LogP contribution in [-0.2, 0) is 11.4 Å². The van der Waals surface area contributed by atoms with Crippen molar-refractivity contribution in [2.75, 3.05) is 0 Å². The summed E-state index contributed by atoms with van der Waals surface area (Å²) in [6.45, 7) is 14.6. The Morgan fingerprint density at radius 3 is 1.86 bits per heavy atom. The van der Waals surface area contributed by atoms with Crippen LogP contribution in [0, 0.1) is 5.41 Å². The Morgan fingerprint density at radius 1 is 1.14 bits per heavy atom. The van der Waals surface area contributed by atoms with Gasteiger partial charge in [-0.05, 0) is 39.5 Å². The summed E-state index contributed by atoms with van der Waals surface area (Å²) >= 11 is -0.952. The average molecular weight is 219 g/mol. The molecule has 0 spiro atoms. The third-order valence-electron chi connectivity index (χ3n) is 1.78. The first-order chi connectivity index (χ1) is 6.02. The highest BCUT2D eigenvalue weighted by Gasteiger charge is 2.29. The van der Waals surface area contributed by atoms with Crippen molar-refractivity contribution in [2.24, 2.45) is 5.41 Å². The minimum absolute atomic E-state index is 0.174. The Bertz CT molecular complexity index is 169. The van der Waals surface area contributed by atoms with Crippen LogP contribution in [0.5, 0.6) is 0 Å². The van der Waals surface area contributed by atoms with Crippen molar-refractivity contribution in [3.8, 4) is 0 Å². The van der Waals surface area contributed by atoms with Gasteiger partial charge in [-0.1, -0.05) is 20.8 Å². The van der Waals surface area contributed by atoms with Crippen LogP contribution in [0.25, 0.3) is 0 Å². The zero-order chi connectivity index (χ0) is 11.6. The molecule has 1 unspecified atom stereocenters. The maximum Gasteiger partial charge on any atom is 0.136 e. The lowest BCUT2D eigenvalue weighted by molar-refractivity contribution is 0.336. The van der Waals surface area contributed by atoms with E-state index in [1.807, 2.05) is 20.8 Å². The fraction of sp³-hybridized carbons (Fsp3) is 1.00. The summed E-state index contributed by atoms with van der Waals surface area (Å²) in [5.74, 6) is 0. The molecule has 2 atom stereocenters. The Kier molecular flexibility index (Phi) is 4.96. The van der Waals surface area contributed by atoms with Crippen LogP contribution in [-0.4, -0.2) is 15.3 Å². The number of nitrogens with one attached hydrogen (secondary N) is 1. The minimum atomic E-state index is -0.952. The predicted octanol–water partition coefficient (Wildman–Crippen LogP) is 2.86. The molecule has 0 aliphatic rings. The van der Waals surface area contributed by atoms with E-state index in [1.54, 1.807) is 0 Å². The van der Waals surface area contributed by atoms with Crippen LogP contribution in [0.4, 0.5) is 0 Å².